The van der Waals surface area contributed by atoms with E-state index in [2.05, 4.69) is 16.2 Å². The van der Waals surface area contributed by atoms with Gasteiger partial charge in [-0.3, -0.25) is 4.98 Å². The summed E-state index contributed by atoms with van der Waals surface area (Å²) in [5.74, 6) is 1.51. The number of nitrogens with zero attached hydrogens (tertiary/aromatic N) is 1. The monoisotopic (exact) mass is 218 g/mol. The van der Waals surface area contributed by atoms with E-state index in [4.69, 9.17) is 11.5 Å². The van der Waals surface area contributed by atoms with Crippen LogP contribution in [0.15, 0.2) is 6.07 Å². The van der Waals surface area contributed by atoms with Crippen molar-refractivity contribution >= 4 is 11.7 Å². The lowest BCUT2D eigenvalue weighted by Crippen LogP contribution is -2.11. The van der Waals surface area contributed by atoms with Crippen LogP contribution >= 0.6 is 0 Å². The van der Waals surface area contributed by atoms with E-state index in [1.165, 1.54) is 0 Å². The van der Waals surface area contributed by atoms with Gasteiger partial charge < -0.3 is 10.4 Å². The first-order valence-corrected chi connectivity index (χ1v) is 4.95. The van der Waals surface area contributed by atoms with Crippen molar-refractivity contribution in [1.29, 1.82) is 0 Å². The van der Waals surface area contributed by atoms with Crippen molar-refractivity contribution in [2.75, 3.05) is 11.9 Å². The van der Waals surface area contributed by atoms with Crippen LogP contribution in [-0.4, -0.2) is 22.6 Å². The van der Waals surface area contributed by atoms with Crippen LogP contribution in [0.2, 0.25) is 0 Å². The highest BCUT2D eigenvalue weighted by Crippen LogP contribution is 2.19. The van der Waals surface area contributed by atoms with Gasteiger partial charge in [-0.25, -0.2) is 4.79 Å². The molecule has 0 aromatic carbocycles. The summed E-state index contributed by atoms with van der Waals surface area (Å²) < 4.78 is 0. The molecule has 0 bridgehead atoms. The lowest BCUT2D eigenvalue weighted by molar-refractivity contribution is 0.0696. The lowest BCUT2D eigenvalue weighted by atomic mass is 10.1. The number of aryl methyl sites for hydroxylation is 2. The van der Waals surface area contributed by atoms with Crippen molar-refractivity contribution in [1.82, 2.24) is 4.98 Å². The summed E-state index contributed by atoms with van der Waals surface area (Å²) in [6.07, 6.45) is 5.69. The number of nitrogens with one attached hydrogen (secondary N) is 1. The summed E-state index contributed by atoms with van der Waals surface area (Å²) in [7, 11) is 0. The topological polar surface area (TPSA) is 62.2 Å². The highest BCUT2D eigenvalue weighted by molar-refractivity contribution is 5.95. The third-order valence-corrected chi connectivity index (χ3v) is 2.13. The summed E-state index contributed by atoms with van der Waals surface area (Å²) in [4.78, 5) is 15.2. The maximum absolute atomic E-state index is 11.1. The molecule has 16 heavy (non-hydrogen) atoms. The zero-order valence-electron chi connectivity index (χ0n) is 9.37. The minimum absolute atomic E-state index is 0.211. The van der Waals surface area contributed by atoms with Gasteiger partial charge >= 0.3 is 5.97 Å². The number of aromatic nitrogens is 1. The molecule has 0 spiro atoms. The van der Waals surface area contributed by atoms with E-state index in [1.54, 1.807) is 13.0 Å². The van der Waals surface area contributed by atoms with Gasteiger partial charge in [-0.2, -0.15) is 0 Å². The molecule has 2 N–H and O–H groups in total. The Bertz CT molecular complexity index is 447. The number of hydrogen-bond donors (Lipinski definition) is 2. The SMILES string of the molecule is C#CCCNc1cc(C)nc(C)c1C(=O)O. The van der Waals surface area contributed by atoms with Crippen molar-refractivity contribution in [3.63, 3.8) is 0 Å². The van der Waals surface area contributed by atoms with Gasteiger partial charge in [0.05, 0.1) is 11.4 Å². The molecule has 0 fully saturated rings. The maximum atomic E-state index is 11.1. The number of pyridine rings is 1. The third kappa shape index (κ3) is 2.74. The number of terminal acetylenes is 1. The van der Waals surface area contributed by atoms with Crippen LogP contribution in [0.4, 0.5) is 5.69 Å². The van der Waals surface area contributed by atoms with Crippen LogP contribution in [0.5, 0.6) is 0 Å². The summed E-state index contributed by atoms with van der Waals surface area (Å²) in [5, 5.41) is 12.1. The van der Waals surface area contributed by atoms with Gasteiger partial charge in [-0.15, -0.1) is 12.3 Å². The fraction of sp³-hybridized carbons (Fsp3) is 0.333. The molecule has 84 valence electrons. The molecule has 1 aromatic heterocycles. The molecule has 0 saturated heterocycles. The van der Waals surface area contributed by atoms with Crippen molar-refractivity contribution in [2.24, 2.45) is 0 Å². The van der Waals surface area contributed by atoms with Gasteiger partial charge in [0.2, 0.25) is 0 Å². The predicted octanol–water partition coefficient (Wildman–Crippen LogP) is 1.83. The summed E-state index contributed by atoms with van der Waals surface area (Å²) in [6.45, 7) is 4.06. The number of rotatable bonds is 4. The molecule has 0 saturated carbocycles. The summed E-state index contributed by atoms with van der Waals surface area (Å²) in [5.41, 5.74) is 2.08. The van der Waals surface area contributed by atoms with Crippen LogP contribution in [0.25, 0.3) is 0 Å². The number of carboxylic acids is 1. The Balaban J connectivity index is 3.05. The van der Waals surface area contributed by atoms with Crippen LogP contribution in [0.3, 0.4) is 0 Å². The second-order valence-corrected chi connectivity index (χ2v) is 3.46. The fourth-order valence-electron chi connectivity index (χ4n) is 1.51. The average Bonchev–Trinajstić information content (AvgIpc) is 2.16. The Morgan fingerprint density at radius 3 is 2.88 bits per heavy atom. The van der Waals surface area contributed by atoms with Gasteiger partial charge in [0.15, 0.2) is 0 Å². The van der Waals surface area contributed by atoms with E-state index >= 15 is 0 Å². The van der Waals surface area contributed by atoms with Crippen molar-refractivity contribution < 1.29 is 9.90 Å². The quantitative estimate of drug-likeness (QED) is 0.598. The summed E-state index contributed by atoms with van der Waals surface area (Å²) in [6, 6.07) is 1.72. The zero-order valence-corrected chi connectivity index (χ0v) is 9.37. The Labute approximate surface area is 94.7 Å². The van der Waals surface area contributed by atoms with Crippen LogP contribution in [-0.2, 0) is 0 Å². The van der Waals surface area contributed by atoms with E-state index in [1.807, 2.05) is 6.92 Å². The van der Waals surface area contributed by atoms with E-state index in [0.717, 1.165) is 5.69 Å². The molecular weight excluding hydrogens is 204 g/mol. The number of anilines is 1. The molecule has 1 heterocycles. The summed E-state index contributed by atoms with van der Waals surface area (Å²) >= 11 is 0. The molecule has 1 rings (SSSR count). The van der Waals surface area contributed by atoms with Gasteiger partial charge in [0, 0.05) is 18.7 Å². The molecular formula is C12H14N2O2. The van der Waals surface area contributed by atoms with Crippen molar-refractivity contribution in [3.8, 4) is 12.3 Å². The Morgan fingerprint density at radius 2 is 2.31 bits per heavy atom. The number of hydrogen-bond acceptors (Lipinski definition) is 3. The number of aromatic carboxylic acids is 1. The smallest absolute Gasteiger partial charge is 0.339 e. The van der Waals surface area contributed by atoms with E-state index in [-0.39, 0.29) is 5.56 Å². The lowest BCUT2D eigenvalue weighted by Gasteiger charge is -2.11. The first kappa shape index (κ1) is 12.1. The highest BCUT2D eigenvalue weighted by Gasteiger charge is 2.14. The van der Waals surface area contributed by atoms with Crippen LogP contribution < -0.4 is 5.32 Å². The maximum Gasteiger partial charge on any atom is 0.339 e. The fourth-order valence-corrected chi connectivity index (χ4v) is 1.51. The standard InChI is InChI=1S/C12H14N2O2/c1-4-5-6-13-10-7-8(2)14-9(3)11(10)12(15)16/h1,7H,5-6H2,2-3H3,(H,13,14)(H,15,16). The molecule has 0 aliphatic carbocycles. The molecule has 1 aromatic rings. The van der Waals surface area contributed by atoms with Crippen molar-refractivity contribution in [2.45, 2.75) is 20.3 Å². The highest BCUT2D eigenvalue weighted by atomic mass is 16.4. The van der Waals surface area contributed by atoms with Gasteiger partial charge in [0.1, 0.15) is 5.56 Å². The van der Waals surface area contributed by atoms with Gasteiger partial charge in [-0.05, 0) is 19.9 Å². The van der Waals surface area contributed by atoms with E-state index in [0.29, 0.717) is 24.3 Å². The minimum atomic E-state index is -0.979. The Kier molecular flexibility index (Phi) is 3.90. The molecule has 0 amide bonds. The molecule has 4 heteroatoms. The average molecular weight is 218 g/mol. The normalized spacial score (nSPS) is 9.56. The second kappa shape index (κ2) is 5.17. The minimum Gasteiger partial charge on any atom is -0.478 e. The third-order valence-electron chi connectivity index (χ3n) is 2.13. The first-order valence-electron chi connectivity index (χ1n) is 4.95. The van der Waals surface area contributed by atoms with E-state index < -0.39 is 5.97 Å². The molecule has 0 atom stereocenters. The predicted molar refractivity (Wildman–Crippen MR) is 62.6 cm³/mol. The molecule has 0 radical (unpaired) electrons. The Hall–Kier alpha value is -2.02. The first-order chi connectivity index (χ1) is 7.56. The molecule has 0 aliphatic heterocycles. The number of carboxylic acid groups (broad SMARTS) is 1. The van der Waals surface area contributed by atoms with Gasteiger partial charge in [0.25, 0.3) is 0 Å². The van der Waals surface area contributed by atoms with Crippen LogP contribution in [0.1, 0.15) is 28.2 Å². The Morgan fingerprint density at radius 1 is 1.62 bits per heavy atom. The van der Waals surface area contributed by atoms with Crippen molar-refractivity contribution in [3.05, 3.63) is 23.0 Å². The second-order valence-electron chi connectivity index (χ2n) is 3.46. The van der Waals surface area contributed by atoms with Crippen LogP contribution in [0, 0.1) is 26.2 Å². The van der Waals surface area contributed by atoms with Gasteiger partial charge in [-0.1, -0.05) is 0 Å². The van der Waals surface area contributed by atoms with E-state index in [9.17, 15) is 4.79 Å². The zero-order chi connectivity index (χ0) is 12.1. The molecule has 0 aliphatic rings. The molecule has 0 unspecified atom stereocenters. The number of carbonyl (C=O) groups is 1. The largest absolute Gasteiger partial charge is 0.478 e. The molecule has 4 nitrogen and oxygen atoms in total.